The smallest absolute Gasteiger partial charge is 0.319 e. The number of amides is 2. The molecule has 1 rings (SSSR count). The van der Waals surface area contributed by atoms with E-state index in [0.717, 1.165) is 0 Å². The molecule has 20 heavy (non-hydrogen) atoms. The summed E-state index contributed by atoms with van der Waals surface area (Å²) in [6, 6.07) is 5.15. The van der Waals surface area contributed by atoms with Crippen LogP contribution in [0.2, 0.25) is 0 Å². The van der Waals surface area contributed by atoms with E-state index in [2.05, 4.69) is 10.6 Å². The Morgan fingerprint density at radius 2 is 1.85 bits per heavy atom. The zero-order valence-electron chi connectivity index (χ0n) is 11.6. The van der Waals surface area contributed by atoms with Gasteiger partial charge in [-0.1, -0.05) is 26.0 Å². The van der Waals surface area contributed by atoms with Gasteiger partial charge in [-0.3, -0.25) is 4.79 Å². The van der Waals surface area contributed by atoms with Gasteiger partial charge in [-0.25, -0.2) is 9.18 Å². The lowest BCUT2D eigenvalue weighted by atomic mass is 9.82. The number of rotatable bonds is 6. The van der Waals surface area contributed by atoms with Crippen LogP contribution in [-0.2, 0) is 4.79 Å². The lowest BCUT2D eigenvalue weighted by molar-refractivity contribution is -0.149. The van der Waals surface area contributed by atoms with Crippen LogP contribution in [0.25, 0.3) is 0 Å². The van der Waals surface area contributed by atoms with Crippen molar-refractivity contribution < 1.29 is 19.1 Å². The Labute approximate surface area is 117 Å². The molecular formula is C14H19FN2O3. The molecule has 0 aromatic heterocycles. The summed E-state index contributed by atoms with van der Waals surface area (Å²) in [5, 5.41) is 14.1. The average molecular weight is 282 g/mol. The number of anilines is 1. The van der Waals surface area contributed by atoms with E-state index in [1.165, 1.54) is 18.2 Å². The first-order valence-corrected chi connectivity index (χ1v) is 6.48. The molecule has 110 valence electrons. The molecule has 0 heterocycles. The van der Waals surface area contributed by atoms with Gasteiger partial charge in [0, 0.05) is 6.54 Å². The number of urea groups is 1. The zero-order chi connectivity index (χ0) is 15.2. The van der Waals surface area contributed by atoms with Gasteiger partial charge >= 0.3 is 12.0 Å². The fourth-order valence-electron chi connectivity index (χ4n) is 1.86. The maximum absolute atomic E-state index is 13.3. The summed E-state index contributed by atoms with van der Waals surface area (Å²) in [5.74, 6) is -1.49. The maximum Gasteiger partial charge on any atom is 0.319 e. The number of carboxylic acids is 1. The molecule has 0 aliphatic carbocycles. The lowest BCUT2D eigenvalue weighted by Crippen LogP contribution is -2.43. The van der Waals surface area contributed by atoms with Crippen molar-refractivity contribution in [1.82, 2.24) is 5.32 Å². The second-order valence-electron chi connectivity index (χ2n) is 4.58. The number of carboxylic acid groups (broad SMARTS) is 1. The molecule has 0 atom stereocenters. The van der Waals surface area contributed by atoms with Gasteiger partial charge in [0.05, 0.1) is 11.1 Å². The van der Waals surface area contributed by atoms with Crippen LogP contribution in [0.1, 0.15) is 26.7 Å². The first-order valence-electron chi connectivity index (χ1n) is 6.48. The minimum Gasteiger partial charge on any atom is -0.481 e. The van der Waals surface area contributed by atoms with E-state index < -0.39 is 23.2 Å². The highest BCUT2D eigenvalue weighted by molar-refractivity contribution is 5.89. The van der Waals surface area contributed by atoms with Crippen molar-refractivity contribution in [2.75, 3.05) is 11.9 Å². The summed E-state index contributed by atoms with van der Waals surface area (Å²) < 4.78 is 13.3. The third-order valence-electron chi connectivity index (χ3n) is 3.52. The highest BCUT2D eigenvalue weighted by atomic mass is 19.1. The van der Waals surface area contributed by atoms with Gasteiger partial charge in [0.1, 0.15) is 5.82 Å². The molecule has 0 spiro atoms. The van der Waals surface area contributed by atoms with Crippen LogP contribution >= 0.6 is 0 Å². The Kier molecular flexibility index (Phi) is 5.49. The number of hydrogen-bond donors (Lipinski definition) is 3. The monoisotopic (exact) mass is 282 g/mol. The quantitative estimate of drug-likeness (QED) is 0.750. The Balaban J connectivity index is 2.63. The molecule has 2 amide bonds. The third-order valence-corrected chi connectivity index (χ3v) is 3.52. The molecule has 1 aromatic carbocycles. The maximum atomic E-state index is 13.3. The van der Waals surface area contributed by atoms with Crippen LogP contribution in [-0.4, -0.2) is 23.7 Å². The van der Waals surface area contributed by atoms with E-state index >= 15 is 0 Å². The number of halogens is 1. The van der Waals surface area contributed by atoms with Crippen molar-refractivity contribution in [2.24, 2.45) is 5.41 Å². The average Bonchev–Trinajstić information content (AvgIpc) is 2.43. The summed E-state index contributed by atoms with van der Waals surface area (Å²) in [4.78, 5) is 23.0. The predicted molar refractivity (Wildman–Crippen MR) is 74.1 cm³/mol. The van der Waals surface area contributed by atoms with Crippen molar-refractivity contribution in [1.29, 1.82) is 0 Å². The van der Waals surface area contributed by atoms with Crippen molar-refractivity contribution in [3.63, 3.8) is 0 Å². The Morgan fingerprint density at radius 3 is 2.35 bits per heavy atom. The van der Waals surface area contributed by atoms with E-state index in [0.29, 0.717) is 12.8 Å². The second-order valence-corrected chi connectivity index (χ2v) is 4.58. The van der Waals surface area contributed by atoms with Crippen LogP contribution < -0.4 is 10.6 Å². The summed E-state index contributed by atoms with van der Waals surface area (Å²) in [5.41, 5.74) is -0.939. The van der Waals surface area contributed by atoms with Gasteiger partial charge in [-0.2, -0.15) is 0 Å². The first-order chi connectivity index (χ1) is 9.45. The molecular weight excluding hydrogens is 263 g/mol. The summed E-state index contributed by atoms with van der Waals surface area (Å²) in [7, 11) is 0. The molecule has 0 unspecified atom stereocenters. The van der Waals surface area contributed by atoms with Gasteiger partial charge in [-0.05, 0) is 25.0 Å². The zero-order valence-corrected chi connectivity index (χ0v) is 11.6. The van der Waals surface area contributed by atoms with Crippen molar-refractivity contribution in [3.8, 4) is 0 Å². The minimum absolute atomic E-state index is 0.00435. The number of hydrogen-bond acceptors (Lipinski definition) is 2. The number of nitrogens with one attached hydrogen (secondary N) is 2. The van der Waals surface area contributed by atoms with E-state index in [-0.39, 0.29) is 12.2 Å². The molecule has 6 heteroatoms. The molecule has 0 bridgehead atoms. The van der Waals surface area contributed by atoms with Crippen LogP contribution in [0.15, 0.2) is 24.3 Å². The predicted octanol–water partition coefficient (Wildman–Crippen LogP) is 2.84. The molecule has 0 saturated heterocycles. The number of para-hydroxylation sites is 1. The molecule has 0 radical (unpaired) electrons. The SMILES string of the molecule is CCC(CC)(CNC(=O)Nc1ccccc1F)C(=O)O. The molecule has 1 aromatic rings. The van der Waals surface area contributed by atoms with Crippen LogP contribution in [0.3, 0.4) is 0 Å². The van der Waals surface area contributed by atoms with Gasteiger partial charge in [0.15, 0.2) is 0 Å². The van der Waals surface area contributed by atoms with Crippen molar-refractivity contribution in [2.45, 2.75) is 26.7 Å². The largest absolute Gasteiger partial charge is 0.481 e. The second kappa shape index (κ2) is 6.88. The number of benzene rings is 1. The Hall–Kier alpha value is -2.11. The summed E-state index contributed by atoms with van der Waals surface area (Å²) in [6.45, 7) is 3.51. The topological polar surface area (TPSA) is 78.4 Å². The fourth-order valence-corrected chi connectivity index (χ4v) is 1.86. The number of aliphatic carboxylic acids is 1. The fraction of sp³-hybridized carbons (Fsp3) is 0.429. The molecule has 0 fully saturated rings. The standard InChI is InChI=1S/C14H19FN2O3/c1-3-14(4-2,12(18)19)9-16-13(20)17-11-8-6-5-7-10(11)15/h5-8H,3-4,9H2,1-2H3,(H,18,19)(H2,16,17,20). The minimum atomic E-state index is -0.993. The van der Waals surface area contributed by atoms with E-state index in [1.54, 1.807) is 19.9 Å². The lowest BCUT2D eigenvalue weighted by Gasteiger charge is -2.26. The number of carbonyl (C=O) groups is 2. The first kappa shape index (κ1) is 15.9. The van der Waals surface area contributed by atoms with Crippen LogP contribution in [0.5, 0.6) is 0 Å². The Morgan fingerprint density at radius 1 is 1.25 bits per heavy atom. The summed E-state index contributed by atoms with van der Waals surface area (Å²) in [6.07, 6.45) is 0.803. The molecule has 0 saturated carbocycles. The molecule has 0 aliphatic rings. The number of carbonyl (C=O) groups excluding carboxylic acids is 1. The molecule has 3 N–H and O–H groups in total. The highest BCUT2D eigenvalue weighted by Gasteiger charge is 2.35. The van der Waals surface area contributed by atoms with Gasteiger partial charge in [-0.15, -0.1) is 0 Å². The van der Waals surface area contributed by atoms with E-state index in [9.17, 15) is 19.1 Å². The summed E-state index contributed by atoms with van der Waals surface area (Å²) >= 11 is 0. The Bertz CT molecular complexity index is 487. The van der Waals surface area contributed by atoms with Gasteiger partial charge < -0.3 is 15.7 Å². The van der Waals surface area contributed by atoms with Gasteiger partial charge in [0.2, 0.25) is 0 Å². The van der Waals surface area contributed by atoms with Crippen LogP contribution in [0.4, 0.5) is 14.9 Å². The van der Waals surface area contributed by atoms with Crippen molar-refractivity contribution in [3.05, 3.63) is 30.1 Å². The van der Waals surface area contributed by atoms with E-state index in [4.69, 9.17) is 0 Å². The third kappa shape index (κ3) is 3.69. The highest BCUT2D eigenvalue weighted by Crippen LogP contribution is 2.25. The van der Waals surface area contributed by atoms with Crippen molar-refractivity contribution >= 4 is 17.7 Å². The molecule has 5 nitrogen and oxygen atoms in total. The van der Waals surface area contributed by atoms with Crippen LogP contribution in [0, 0.1) is 11.2 Å². The normalized spacial score (nSPS) is 10.9. The van der Waals surface area contributed by atoms with E-state index in [1.807, 2.05) is 0 Å². The van der Waals surface area contributed by atoms with Gasteiger partial charge in [0.25, 0.3) is 0 Å². The molecule has 0 aliphatic heterocycles.